The van der Waals surface area contributed by atoms with E-state index in [0.717, 1.165) is 39.3 Å². The third-order valence-electron chi connectivity index (χ3n) is 4.30. The second kappa shape index (κ2) is 6.89. The van der Waals surface area contributed by atoms with Gasteiger partial charge in [-0.15, -0.1) is 0 Å². The smallest absolute Gasteiger partial charge is 0.278 e. The van der Waals surface area contributed by atoms with E-state index < -0.39 is 0 Å². The topological polar surface area (TPSA) is 46.7 Å². The van der Waals surface area contributed by atoms with Gasteiger partial charge in [0.2, 0.25) is 0 Å². The van der Waals surface area contributed by atoms with Gasteiger partial charge in [0.05, 0.1) is 7.05 Å². The minimum absolute atomic E-state index is 0.0863. The highest BCUT2D eigenvalue weighted by Gasteiger charge is 2.29. The summed E-state index contributed by atoms with van der Waals surface area (Å²) in [6.07, 6.45) is 2.23. The Morgan fingerprint density at radius 2 is 2.00 bits per heavy atom. The molecular formula is C18H22BrN2O2+. The molecule has 0 aliphatic heterocycles. The van der Waals surface area contributed by atoms with Crippen molar-refractivity contribution in [3.8, 4) is 11.3 Å². The van der Waals surface area contributed by atoms with Crippen molar-refractivity contribution >= 4 is 21.8 Å². The molecular weight excluding hydrogens is 356 g/mol. The predicted octanol–water partition coefficient (Wildman–Crippen LogP) is 2.39. The van der Waals surface area contributed by atoms with E-state index in [0.29, 0.717) is 12.6 Å². The van der Waals surface area contributed by atoms with Crippen LogP contribution in [-0.2, 0) is 11.3 Å². The molecule has 1 aromatic heterocycles. The number of carbonyl (C=O) groups is 1. The predicted molar refractivity (Wildman–Crippen MR) is 93.1 cm³/mol. The molecule has 0 spiro atoms. The Kier molecular flexibility index (Phi) is 4.87. The van der Waals surface area contributed by atoms with Crippen molar-refractivity contribution < 1.29 is 14.1 Å². The Hall–Kier alpha value is -1.59. The van der Waals surface area contributed by atoms with Crippen LogP contribution in [0.4, 0.5) is 0 Å². The van der Waals surface area contributed by atoms with Crippen LogP contribution in [0.15, 0.2) is 45.3 Å². The highest BCUT2D eigenvalue weighted by Crippen LogP contribution is 2.23. The zero-order valence-corrected chi connectivity index (χ0v) is 15.0. The number of carbonyl (C=O) groups excluding carboxylic acids is 1. The van der Waals surface area contributed by atoms with Crippen LogP contribution < -0.4 is 10.2 Å². The first-order valence-corrected chi connectivity index (χ1v) is 8.79. The molecule has 0 bridgehead atoms. The molecule has 2 aromatic rings. The summed E-state index contributed by atoms with van der Waals surface area (Å²) >= 11 is 3.43. The molecule has 2 N–H and O–H groups in total. The number of amides is 1. The van der Waals surface area contributed by atoms with E-state index in [-0.39, 0.29) is 11.9 Å². The van der Waals surface area contributed by atoms with Gasteiger partial charge in [0, 0.05) is 16.1 Å². The molecule has 23 heavy (non-hydrogen) atoms. The minimum atomic E-state index is -0.0863. The summed E-state index contributed by atoms with van der Waals surface area (Å²) in [6, 6.07) is 12.3. The number of halogens is 1. The fourth-order valence-corrected chi connectivity index (χ4v) is 2.71. The lowest BCUT2D eigenvalue weighted by atomic mass is 10.2. The first kappa shape index (κ1) is 16.3. The number of rotatable bonds is 6. The van der Waals surface area contributed by atoms with Gasteiger partial charge in [0.25, 0.3) is 5.91 Å². The fraction of sp³-hybridized carbons (Fsp3) is 0.389. The summed E-state index contributed by atoms with van der Waals surface area (Å²) < 4.78 is 6.98. The maximum absolute atomic E-state index is 12.1. The second-order valence-electron chi connectivity index (χ2n) is 6.30. The van der Waals surface area contributed by atoms with Crippen LogP contribution in [-0.4, -0.2) is 25.0 Å². The molecule has 2 atom stereocenters. The third kappa shape index (κ3) is 4.24. The van der Waals surface area contributed by atoms with Crippen molar-refractivity contribution in [3.05, 3.63) is 46.6 Å². The number of likely N-dealkylation sites (N-methyl/N-ethyl adjacent to an activating group) is 1. The highest BCUT2D eigenvalue weighted by molar-refractivity contribution is 9.10. The van der Waals surface area contributed by atoms with Crippen LogP contribution in [0.5, 0.6) is 0 Å². The van der Waals surface area contributed by atoms with E-state index in [1.54, 1.807) is 0 Å². The molecule has 1 aliphatic carbocycles. The lowest BCUT2D eigenvalue weighted by molar-refractivity contribution is -0.909. The maximum atomic E-state index is 12.1. The van der Waals surface area contributed by atoms with Gasteiger partial charge >= 0.3 is 0 Å². The maximum Gasteiger partial charge on any atom is 0.278 e. The number of nitrogens with one attached hydrogen (secondary N) is 2. The average Bonchev–Trinajstić information content (AvgIpc) is 3.23. The van der Waals surface area contributed by atoms with Crippen LogP contribution in [0.3, 0.4) is 0 Å². The quantitative estimate of drug-likeness (QED) is 0.811. The number of hydrogen-bond acceptors (Lipinski definition) is 2. The molecule has 0 radical (unpaired) electrons. The number of quaternary nitrogens is 1. The van der Waals surface area contributed by atoms with E-state index in [1.807, 2.05) is 50.4 Å². The number of hydrogen-bond donors (Lipinski definition) is 2. The van der Waals surface area contributed by atoms with Crippen LogP contribution >= 0.6 is 15.9 Å². The third-order valence-corrected chi connectivity index (χ3v) is 4.83. The molecule has 1 aliphatic rings. The molecule has 1 unspecified atom stereocenters. The number of furan rings is 1. The Balaban J connectivity index is 1.61. The van der Waals surface area contributed by atoms with Crippen LogP contribution in [0.25, 0.3) is 11.3 Å². The van der Waals surface area contributed by atoms with E-state index in [2.05, 4.69) is 21.2 Å². The summed E-state index contributed by atoms with van der Waals surface area (Å²) in [6.45, 7) is 2.65. The van der Waals surface area contributed by atoms with E-state index in [1.165, 1.54) is 0 Å². The Bertz CT molecular complexity index is 677. The molecule has 1 amide bonds. The molecule has 0 saturated heterocycles. The monoisotopic (exact) mass is 377 g/mol. The average molecular weight is 378 g/mol. The highest BCUT2D eigenvalue weighted by atomic mass is 79.9. The second-order valence-corrected chi connectivity index (χ2v) is 7.22. The van der Waals surface area contributed by atoms with Gasteiger partial charge in [-0.25, -0.2) is 0 Å². The number of benzene rings is 1. The van der Waals surface area contributed by atoms with Gasteiger partial charge in [-0.3, -0.25) is 4.79 Å². The van der Waals surface area contributed by atoms with Crippen molar-refractivity contribution in [1.29, 1.82) is 0 Å². The Morgan fingerprint density at radius 3 is 2.65 bits per heavy atom. The van der Waals surface area contributed by atoms with Crippen molar-refractivity contribution in [2.24, 2.45) is 0 Å². The van der Waals surface area contributed by atoms with Gasteiger partial charge < -0.3 is 14.6 Å². The SMILES string of the molecule is C[C@H](C(=O)NC1CC1)[NH+](C)Cc1ccc(-c2ccc(Br)cc2)o1. The molecule has 1 aromatic carbocycles. The van der Waals surface area contributed by atoms with Gasteiger partial charge in [-0.05, 0) is 44.0 Å². The zero-order valence-electron chi connectivity index (χ0n) is 13.4. The summed E-state index contributed by atoms with van der Waals surface area (Å²) in [5.41, 5.74) is 1.05. The Morgan fingerprint density at radius 1 is 1.30 bits per heavy atom. The van der Waals surface area contributed by atoms with Crippen LogP contribution in [0.1, 0.15) is 25.5 Å². The standard InChI is InChI=1S/C18H21BrN2O2/c1-12(18(22)20-15-7-8-15)21(2)11-16-9-10-17(23-16)13-3-5-14(19)6-4-13/h3-6,9-10,12,15H,7-8,11H2,1-2H3,(H,20,22)/p+1/t12-/m1/s1. The van der Waals surface area contributed by atoms with E-state index in [9.17, 15) is 4.79 Å². The first-order valence-electron chi connectivity index (χ1n) is 8.00. The summed E-state index contributed by atoms with van der Waals surface area (Å²) in [5, 5.41) is 3.06. The van der Waals surface area contributed by atoms with Gasteiger partial charge in [0.15, 0.2) is 11.8 Å². The minimum Gasteiger partial charge on any atom is -0.455 e. The molecule has 122 valence electrons. The lowest BCUT2D eigenvalue weighted by Gasteiger charge is -2.20. The van der Waals surface area contributed by atoms with E-state index in [4.69, 9.17) is 4.42 Å². The van der Waals surface area contributed by atoms with Crippen LogP contribution in [0, 0.1) is 0 Å². The molecule has 1 saturated carbocycles. The van der Waals surface area contributed by atoms with Gasteiger partial charge in [-0.2, -0.15) is 0 Å². The molecule has 3 rings (SSSR count). The van der Waals surface area contributed by atoms with Crippen LogP contribution in [0.2, 0.25) is 0 Å². The normalized spacial score (nSPS) is 16.8. The fourth-order valence-electron chi connectivity index (χ4n) is 2.45. The molecule has 1 fully saturated rings. The van der Waals surface area contributed by atoms with Crippen molar-refractivity contribution in [3.63, 3.8) is 0 Å². The largest absolute Gasteiger partial charge is 0.455 e. The van der Waals surface area contributed by atoms with Crippen molar-refractivity contribution in [2.45, 2.75) is 38.4 Å². The molecule has 1 heterocycles. The molecule has 4 nitrogen and oxygen atoms in total. The lowest BCUT2D eigenvalue weighted by Crippen LogP contribution is -3.12. The van der Waals surface area contributed by atoms with Crippen molar-refractivity contribution in [2.75, 3.05) is 7.05 Å². The summed E-state index contributed by atoms with van der Waals surface area (Å²) in [7, 11) is 2.03. The molecule has 5 heteroatoms. The van der Waals surface area contributed by atoms with Crippen molar-refractivity contribution in [1.82, 2.24) is 5.32 Å². The van der Waals surface area contributed by atoms with Gasteiger partial charge in [-0.1, -0.05) is 28.1 Å². The Labute approximate surface area is 145 Å². The van der Waals surface area contributed by atoms with E-state index >= 15 is 0 Å². The van der Waals surface area contributed by atoms with Gasteiger partial charge in [0.1, 0.15) is 12.3 Å². The first-order chi connectivity index (χ1) is 11.0. The zero-order chi connectivity index (χ0) is 16.4. The summed E-state index contributed by atoms with van der Waals surface area (Å²) in [5.74, 6) is 1.88. The summed E-state index contributed by atoms with van der Waals surface area (Å²) in [4.78, 5) is 13.2.